The van der Waals surface area contributed by atoms with Crippen LogP contribution in [0.5, 0.6) is 0 Å². The molecule has 5 heteroatoms. The first-order valence-corrected chi connectivity index (χ1v) is 7.75. The van der Waals surface area contributed by atoms with Crippen LogP contribution < -0.4 is 5.73 Å². The highest BCUT2D eigenvalue weighted by atomic mass is 16.2. The smallest absolute Gasteiger partial charge is 0.346 e. The fourth-order valence-corrected chi connectivity index (χ4v) is 3.06. The molecule has 2 N–H and O–H groups in total. The predicted molar refractivity (Wildman–Crippen MR) is 93.5 cm³/mol. The Kier molecular flexibility index (Phi) is 3.46. The number of amides is 2. The summed E-state index contributed by atoms with van der Waals surface area (Å²) in [7, 11) is 0. The van der Waals surface area contributed by atoms with Gasteiger partial charge in [0.2, 0.25) is 0 Å². The van der Waals surface area contributed by atoms with Gasteiger partial charge in [-0.1, -0.05) is 42.5 Å². The van der Waals surface area contributed by atoms with Gasteiger partial charge in [-0.25, -0.2) is 4.79 Å². The fraction of sp³-hybridized carbons (Fsp3) is 0.105. The van der Waals surface area contributed by atoms with E-state index in [1.165, 1.54) is 0 Å². The SMILES string of the molecule is NC1=NC(=O)N(Cc2ccccc2)C1c1ccc2ncccc2c1. The van der Waals surface area contributed by atoms with Crippen LogP contribution in [0.1, 0.15) is 17.2 Å². The van der Waals surface area contributed by atoms with Crippen molar-refractivity contribution in [1.29, 1.82) is 0 Å². The van der Waals surface area contributed by atoms with E-state index in [2.05, 4.69) is 9.98 Å². The zero-order valence-corrected chi connectivity index (χ0v) is 13.0. The van der Waals surface area contributed by atoms with Gasteiger partial charge < -0.3 is 10.6 Å². The Labute approximate surface area is 139 Å². The number of benzene rings is 2. The summed E-state index contributed by atoms with van der Waals surface area (Å²) in [4.78, 5) is 22.3. The molecule has 4 rings (SSSR count). The molecule has 1 unspecified atom stereocenters. The third-order valence-corrected chi connectivity index (χ3v) is 4.20. The van der Waals surface area contributed by atoms with E-state index in [0.717, 1.165) is 22.0 Å². The molecule has 3 aromatic rings. The number of carbonyl (C=O) groups excluding carboxylic acids is 1. The van der Waals surface area contributed by atoms with Gasteiger partial charge in [-0.2, -0.15) is 4.99 Å². The number of nitrogens with zero attached hydrogens (tertiary/aromatic N) is 3. The Morgan fingerprint density at radius 2 is 1.88 bits per heavy atom. The number of pyridine rings is 1. The molecule has 0 bridgehead atoms. The highest BCUT2D eigenvalue weighted by Crippen LogP contribution is 2.30. The van der Waals surface area contributed by atoms with E-state index in [0.29, 0.717) is 12.4 Å². The molecule has 0 fully saturated rings. The largest absolute Gasteiger partial charge is 0.385 e. The number of urea groups is 1. The summed E-state index contributed by atoms with van der Waals surface area (Å²) in [5.41, 5.74) is 8.96. The molecular weight excluding hydrogens is 300 g/mol. The van der Waals surface area contributed by atoms with E-state index in [9.17, 15) is 4.79 Å². The Balaban J connectivity index is 1.72. The van der Waals surface area contributed by atoms with Crippen LogP contribution in [0.25, 0.3) is 10.9 Å². The van der Waals surface area contributed by atoms with Crippen LogP contribution in [0, 0.1) is 0 Å². The van der Waals surface area contributed by atoms with Crippen molar-refractivity contribution >= 4 is 22.8 Å². The lowest BCUT2D eigenvalue weighted by atomic mass is 10.0. The molecule has 0 saturated heterocycles. The summed E-state index contributed by atoms with van der Waals surface area (Å²) < 4.78 is 0. The second kappa shape index (κ2) is 5.77. The predicted octanol–water partition coefficient (Wildman–Crippen LogP) is 3.27. The minimum absolute atomic E-state index is 0.298. The van der Waals surface area contributed by atoms with Crippen LogP contribution in [-0.2, 0) is 6.54 Å². The average molecular weight is 316 g/mol. The quantitative estimate of drug-likeness (QED) is 0.806. The molecule has 1 aromatic heterocycles. The zero-order chi connectivity index (χ0) is 16.5. The van der Waals surface area contributed by atoms with Crippen molar-refractivity contribution in [3.63, 3.8) is 0 Å². The lowest BCUT2D eigenvalue weighted by Gasteiger charge is -2.25. The molecule has 0 spiro atoms. The zero-order valence-electron chi connectivity index (χ0n) is 13.0. The van der Waals surface area contributed by atoms with Gasteiger partial charge in [-0.15, -0.1) is 0 Å². The van der Waals surface area contributed by atoms with E-state index in [-0.39, 0.29) is 12.1 Å². The molecule has 2 amide bonds. The maximum absolute atomic E-state index is 12.3. The van der Waals surface area contributed by atoms with Crippen LogP contribution in [0.15, 0.2) is 71.9 Å². The molecule has 1 atom stereocenters. The second-order valence-electron chi connectivity index (χ2n) is 5.79. The van der Waals surface area contributed by atoms with Crippen molar-refractivity contribution in [2.75, 3.05) is 0 Å². The first kappa shape index (κ1) is 14.4. The molecule has 0 radical (unpaired) electrons. The fourth-order valence-electron chi connectivity index (χ4n) is 3.06. The topological polar surface area (TPSA) is 71.6 Å². The average Bonchev–Trinajstić information content (AvgIpc) is 2.89. The third-order valence-electron chi connectivity index (χ3n) is 4.20. The van der Waals surface area contributed by atoms with Crippen LogP contribution in [-0.4, -0.2) is 21.8 Å². The number of aliphatic imine (C=N–C) groups is 1. The minimum atomic E-state index is -0.345. The maximum atomic E-state index is 12.3. The van der Waals surface area contributed by atoms with Crippen molar-refractivity contribution in [3.05, 3.63) is 78.0 Å². The monoisotopic (exact) mass is 316 g/mol. The molecular formula is C19H16N4O. The number of amidine groups is 1. The molecule has 118 valence electrons. The first-order chi connectivity index (χ1) is 11.7. The van der Waals surface area contributed by atoms with E-state index in [1.54, 1.807) is 11.1 Å². The third kappa shape index (κ3) is 2.50. The molecule has 5 nitrogen and oxygen atoms in total. The van der Waals surface area contributed by atoms with E-state index >= 15 is 0 Å². The lowest BCUT2D eigenvalue weighted by molar-refractivity contribution is 0.204. The summed E-state index contributed by atoms with van der Waals surface area (Å²) in [5.74, 6) is 0.333. The van der Waals surface area contributed by atoms with Gasteiger partial charge in [-0.05, 0) is 29.3 Å². The summed E-state index contributed by atoms with van der Waals surface area (Å²) in [6.45, 7) is 0.472. The molecule has 0 aliphatic carbocycles. The van der Waals surface area contributed by atoms with Crippen LogP contribution >= 0.6 is 0 Å². The number of fused-ring (bicyclic) bond motifs is 1. The molecule has 0 saturated carbocycles. The van der Waals surface area contributed by atoms with Gasteiger partial charge in [0.1, 0.15) is 11.9 Å². The van der Waals surface area contributed by atoms with E-state index in [4.69, 9.17) is 5.73 Å². The molecule has 1 aliphatic rings. The summed E-state index contributed by atoms with van der Waals surface area (Å²) in [5, 5.41) is 1.02. The number of hydrogen-bond donors (Lipinski definition) is 1. The van der Waals surface area contributed by atoms with Crippen LogP contribution in [0.2, 0.25) is 0 Å². The van der Waals surface area contributed by atoms with Crippen LogP contribution in [0.4, 0.5) is 4.79 Å². The van der Waals surface area contributed by atoms with Crippen molar-refractivity contribution in [2.45, 2.75) is 12.6 Å². The Bertz CT molecular complexity index is 936. The van der Waals surface area contributed by atoms with Gasteiger partial charge in [0, 0.05) is 18.1 Å². The Morgan fingerprint density at radius 3 is 2.71 bits per heavy atom. The van der Waals surface area contributed by atoms with E-state index in [1.807, 2.05) is 60.7 Å². The van der Waals surface area contributed by atoms with Gasteiger partial charge in [0.15, 0.2) is 0 Å². The van der Waals surface area contributed by atoms with Crippen LogP contribution in [0.3, 0.4) is 0 Å². The highest BCUT2D eigenvalue weighted by Gasteiger charge is 2.34. The van der Waals surface area contributed by atoms with Gasteiger partial charge in [0.05, 0.1) is 5.52 Å². The highest BCUT2D eigenvalue weighted by molar-refractivity contribution is 6.03. The Morgan fingerprint density at radius 1 is 1.04 bits per heavy atom. The molecule has 2 heterocycles. The maximum Gasteiger partial charge on any atom is 0.346 e. The molecule has 1 aliphatic heterocycles. The minimum Gasteiger partial charge on any atom is -0.385 e. The Hall–Kier alpha value is -3.21. The van der Waals surface area contributed by atoms with Crippen molar-refractivity contribution in [1.82, 2.24) is 9.88 Å². The van der Waals surface area contributed by atoms with E-state index < -0.39 is 0 Å². The summed E-state index contributed by atoms with van der Waals surface area (Å²) in [6, 6.07) is 19.0. The number of hydrogen-bond acceptors (Lipinski definition) is 3. The van der Waals surface area contributed by atoms with Gasteiger partial charge >= 0.3 is 6.03 Å². The van der Waals surface area contributed by atoms with Crippen molar-refractivity contribution in [2.24, 2.45) is 10.7 Å². The number of carbonyl (C=O) groups is 1. The molecule has 2 aromatic carbocycles. The number of nitrogens with two attached hydrogens (primary N) is 1. The van der Waals surface area contributed by atoms with Crippen molar-refractivity contribution < 1.29 is 4.79 Å². The summed E-state index contributed by atoms with van der Waals surface area (Å²) in [6.07, 6.45) is 1.76. The summed E-state index contributed by atoms with van der Waals surface area (Å²) >= 11 is 0. The van der Waals surface area contributed by atoms with Gasteiger partial charge in [0.25, 0.3) is 0 Å². The lowest BCUT2D eigenvalue weighted by Crippen LogP contribution is -2.32. The second-order valence-corrected chi connectivity index (χ2v) is 5.79. The standard InChI is InChI=1S/C19H16N4O/c20-18-17(15-8-9-16-14(11-15)7-4-10-21-16)23(19(24)22-18)12-13-5-2-1-3-6-13/h1-11,17H,12H2,(H2,20,22,24). The number of rotatable bonds is 3. The van der Waals surface area contributed by atoms with Crippen molar-refractivity contribution in [3.8, 4) is 0 Å². The first-order valence-electron chi connectivity index (χ1n) is 7.75. The van der Waals surface area contributed by atoms with Gasteiger partial charge in [-0.3, -0.25) is 4.98 Å². The normalized spacial score (nSPS) is 17.3. The molecule has 24 heavy (non-hydrogen) atoms. The number of aromatic nitrogens is 1.